The van der Waals surface area contributed by atoms with Crippen LogP contribution in [0.3, 0.4) is 0 Å². The summed E-state index contributed by atoms with van der Waals surface area (Å²) < 4.78 is 15.0. The number of carbonyl (C=O) groups is 1. The van der Waals surface area contributed by atoms with Gasteiger partial charge in [-0.15, -0.1) is 0 Å². The molecule has 0 aliphatic carbocycles. The second-order valence-electron chi connectivity index (χ2n) is 5.57. The zero-order valence-electron chi connectivity index (χ0n) is 13.3. The standard InChI is InChI=1S/C15H21N5O3/c1-3-20-7-12(6-17-20)23-14-9-22-8-13(14)18-15(21)4-11-5-16-10-19(11)2/h5-7,10,13-14H,3-4,8-9H2,1-2H3,(H,18,21)/t13-,14+/m0/s1. The molecular weight excluding hydrogens is 298 g/mol. The summed E-state index contributed by atoms with van der Waals surface area (Å²) in [7, 11) is 1.87. The van der Waals surface area contributed by atoms with Gasteiger partial charge in [0, 0.05) is 25.5 Å². The van der Waals surface area contributed by atoms with Crippen molar-refractivity contribution in [1.29, 1.82) is 0 Å². The summed E-state index contributed by atoms with van der Waals surface area (Å²) in [6, 6.07) is -0.166. The third kappa shape index (κ3) is 3.70. The normalized spacial score (nSPS) is 20.6. The van der Waals surface area contributed by atoms with Crippen molar-refractivity contribution in [2.75, 3.05) is 13.2 Å². The molecular formula is C15H21N5O3. The molecule has 1 fully saturated rings. The van der Waals surface area contributed by atoms with Crippen molar-refractivity contribution in [3.63, 3.8) is 0 Å². The fourth-order valence-electron chi connectivity index (χ4n) is 2.52. The first-order valence-electron chi connectivity index (χ1n) is 7.67. The Morgan fingerprint density at radius 2 is 2.35 bits per heavy atom. The van der Waals surface area contributed by atoms with Crippen LogP contribution in [0.2, 0.25) is 0 Å². The van der Waals surface area contributed by atoms with Crippen LogP contribution >= 0.6 is 0 Å². The Bertz CT molecular complexity index is 666. The molecule has 2 atom stereocenters. The van der Waals surface area contributed by atoms with Gasteiger partial charge in [0.25, 0.3) is 0 Å². The average Bonchev–Trinajstić information content (AvgIpc) is 3.24. The van der Waals surface area contributed by atoms with Crippen LogP contribution in [0.15, 0.2) is 24.9 Å². The van der Waals surface area contributed by atoms with E-state index in [4.69, 9.17) is 9.47 Å². The Morgan fingerprint density at radius 1 is 1.48 bits per heavy atom. The number of aryl methyl sites for hydroxylation is 2. The smallest absolute Gasteiger partial charge is 0.226 e. The molecule has 8 heteroatoms. The van der Waals surface area contributed by atoms with Gasteiger partial charge in [-0.05, 0) is 6.92 Å². The van der Waals surface area contributed by atoms with E-state index >= 15 is 0 Å². The number of amides is 1. The maximum atomic E-state index is 12.2. The highest BCUT2D eigenvalue weighted by atomic mass is 16.5. The van der Waals surface area contributed by atoms with Gasteiger partial charge in [0.15, 0.2) is 5.75 Å². The number of imidazole rings is 1. The molecule has 3 rings (SSSR count). The molecule has 124 valence electrons. The number of hydrogen-bond donors (Lipinski definition) is 1. The molecule has 1 amide bonds. The SMILES string of the molecule is CCn1cc(O[C@@H]2COC[C@@H]2NC(=O)Cc2cncn2C)cn1. The van der Waals surface area contributed by atoms with Gasteiger partial charge in [-0.1, -0.05) is 0 Å². The van der Waals surface area contributed by atoms with E-state index in [1.165, 1.54) is 0 Å². The van der Waals surface area contributed by atoms with Gasteiger partial charge >= 0.3 is 0 Å². The van der Waals surface area contributed by atoms with Crippen molar-refractivity contribution in [3.05, 3.63) is 30.6 Å². The predicted octanol–water partition coefficient (Wildman–Crippen LogP) is 0.142. The molecule has 0 aromatic carbocycles. The fraction of sp³-hybridized carbons (Fsp3) is 0.533. The lowest BCUT2D eigenvalue weighted by molar-refractivity contribution is -0.121. The summed E-state index contributed by atoms with van der Waals surface area (Å²) >= 11 is 0. The van der Waals surface area contributed by atoms with E-state index in [-0.39, 0.29) is 24.5 Å². The first-order chi connectivity index (χ1) is 11.2. The molecule has 1 aliphatic rings. The van der Waals surface area contributed by atoms with Crippen LogP contribution in [0, 0.1) is 0 Å². The number of hydrogen-bond acceptors (Lipinski definition) is 5. The Hall–Kier alpha value is -2.35. The number of ether oxygens (including phenoxy) is 2. The van der Waals surface area contributed by atoms with Gasteiger partial charge in [-0.2, -0.15) is 5.10 Å². The minimum atomic E-state index is -0.208. The molecule has 0 radical (unpaired) electrons. The third-order valence-corrected chi connectivity index (χ3v) is 3.85. The van der Waals surface area contributed by atoms with Crippen LogP contribution in [0.1, 0.15) is 12.6 Å². The van der Waals surface area contributed by atoms with Crippen molar-refractivity contribution in [3.8, 4) is 5.75 Å². The lowest BCUT2D eigenvalue weighted by Gasteiger charge is -2.19. The molecule has 3 heterocycles. The summed E-state index contributed by atoms with van der Waals surface area (Å²) in [5.41, 5.74) is 0.864. The molecule has 0 bridgehead atoms. The summed E-state index contributed by atoms with van der Waals surface area (Å²) in [5, 5.41) is 7.15. The molecule has 2 aromatic heterocycles. The zero-order valence-corrected chi connectivity index (χ0v) is 13.3. The Labute approximate surface area is 134 Å². The van der Waals surface area contributed by atoms with Gasteiger partial charge in [0.05, 0.1) is 44.4 Å². The van der Waals surface area contributed by atoms with Gasteiger partial charge in [0.1, 0.15) is 6.10 Å². The minimum Gasteiger partial charge on any atom is -0.482 e. The van der Waals surface area contributed by atoms with E-state index in [2.05, 4.69) is 15.4 Å². The van der Waals surface area contributed by atoms with Gasteiger partial charge in [-0.25, -0.2) is 4.98 Å². The first kappa shape index (κ1) is 15.5. The topological polar surface area (TPSA) is 83.2 Å². The van der Waals surface area contributed by atoms with Crippen molar-refractivity contribution in [2.45, 2.75) is 32.0 Å². The molecule has 2 aromatic rings. The van der Waals surface area contributed by atoms with E-state index in [1.54, 1.807) is 23.4 Å². The van der Waals surface area contributed by atoms with Crippen LogP contribution in [0.4, 0.5) is 0 Å². The van der Waals surface area contributed by atoms with Crippen LogP contribution in [0.5, 0.6) is 5.75 Å². The third-order valence-electron chi connectivity index (χ3n) is 3.85. The zero-order chi connectivity index (χ0) is 16.2. The molecule has 0 spiro atoms. The van der Waals surface area contributed by atoms with E-state index in [9.17, 15) is 4.79 Å². The monoisotopic (exact) mass is 319 g/mol. The van der Waals surface area contributed by atoms with Crippen LogP contribution < -0.4 is 10.1 Å². The summed E-state index contributed by atoms with van der Waals surface area (Å²) in [4.78, 5) is 16.2. The van der Waals surface area contributed by atoms with Crippen LogP contribution in [-0.2, 0) is 29.5 Å². The first-order valence-corrected chi connectivity index (χ1v) is 7.67. The highest BCUT2D eigenvalue weighted by Crippen LogP contribution is 2.16. The highest BCUT2D eigenvalue weighted by molar-refractivity contribution is 5.78. The number of nitrogens with zero attached hydrogens (tertiary/aromatic N) is 4. The quantitative estimate of drug-likeness (QED) is 0.819. The Morgan fingerprint density at radius 3 is 3.04 bits per heavy atom. The molecule has 0 saturated carbocycles. The Balaban J connectivity index is 1.56. The van der Waals surface area contributed by atoms with Crippen LogP contribution in [0.25, 0.3) is 0 Å². The molecule has 1 aliphatic heterocycles. The lowest BCUT2D eigenvalue weighted by atomic mass is 10.2. The summed E-state index contributed by atoms with van der Waals surface area (Å²) in [5.74, 6) is 0.621. The highest BCUT2D eigenvalue weighted by Gasteiger charge is 2.31. The van der Waals surface area contributed by atoms with Crippen molar-refractivity contribution < 1.29 is 14.3 Å². The molecule has 8 nitrogen and oxygen atoms in total. The largest absolute Gasteiger partial charge is 0.482 e. The predicted molar refractivity (Wildman–Crippen MR) is 82.0 cm³/mol. The number of carbonyl (C=O) groups excluding carboxylic acids is 1. The van der Waals surface area contributed by atoms with E-state index in [0.29, 0.717) is 19.0 Å². The summed E-state index contributed by atoms with van der Waals surface area (Å²) in [6.07, 6.45) is 6.97. The Kier molecular flexibility index (Phi) is 4.61. The van der Waals surface area contributed by atoms with Crippen molar-refractivity contribution in [1.82, 2.24) is 24.6 Å². The second kappa shape index (κ2) is 6.82. The number of nitrogens with one attached hydrogen (secondary N) is 1. The molecule has 1 N–H and O–H groups in total. The summed E-state index contributed by atoms with van der Waals surface area (Å²) in [6.45, 7) is 3.70. The van der Waals surface area contributed by atoms with Gasteiger partial charge < -0.3 is 19.4 Å². The van der Waals surface area contributed by atoms with Gasteiger partial charge in [-0.3, -0.25) is 9.48 Å². The number of rotatable bonds is 6. The van der Waals surface area contributed by atoms with Gasteiger partial charge in [0.2, 0.25) is 5.91 Å². The second-order valence-corrected chi connectivity index (χ2v) is 5.57. The fourth-order valence-corrected chi connectivity index (χ4v) is 2.52. The number of aromatic nitrogens is 4. The maximum Gasteiger partial charge on any atom is 0.226 e. The maximum absolute atomic E-state index is 12.2. The minimum absolute atomic E-state index is 0.0676. The van der Waals surface area contributed by atoms with E-state index in [0.717, 1.165) is 12.2 Å². The molecule has 1 saturated heterocycles. The van der Waals surface area contributed by atoms with Crippen molar-refractivity contribution >= 4 is 5.91 Å². The van der Waals surface area contributed by atoms with Crippen LogP contribution in [-0.4, -0.2) is 50.6 Å². The molecule has 0 unspecified atom stereocenters. The van der Waals surface area contributed by atoms with Crippen molar-refractivity contribution in [2.24, 2.45) is 7.05 Å². The lowest BCUT2D eigenvalue weighted by Crippen LogP contribution is -2.45. The molecule has 23 heavy (non-hydrogen) atoms. The van der Waals surface area contributed by atoms with E-state index in [1.807, 2.05) is 24.7 Å². The van der Waals surface area contributed by atoms with E-state index < -0.39 is 0 Å². The average molecular weight is 319 g/mol.